The van der Waals surface area contributed by atoms with E-state index in [1.807, 2.05) is 21.1 Å². The van der Waals surface area contributed by atoms with Crippen molar-refractivity contribution < 1.29 is 42.1 Å². The molecule has 0 N–H and O–H groups in total. The molecule has 0 aliphatic rings. The number of phosphoric ester groups is 1. The smallest absolute Gasteiger partial charge is 0.306 e. The monoisotopic (exact) mass is 1230 g/mol. The molecule has 0 aromatic carbocycles. The summed E-state index contributed by atoms with van der Waals surface area (Å²) in [6, 6.07) is 0. The predicted octanol–water partition coefficient (Wildman–Crippen LogP) is 23.5. The number of hydrogen-bond donors (Lipinski definition) is 0. The van der Waals surface area contributed by atoms with E-state index in [-0.39, 0.29) is 32.0 Å². The van der Waals surface area contributed by atoms with Gasteiger partial charge in [-0.15, -0.1) is 0 Å². The Bertz CT molecular complexity index is 1630. The second-order valence-corrected chi connectivity index (χ2v) is 27.7. The van der Waals surface area contributed by atoms with Crippen LogP contribution in [-0.4, -0.2) is 70.0 Å². The number of unbranched alkanes of at least 4 members (excludes halogenated alkanes) is 45. The summed E-state index contributed by atoms with van der Waals surface area (Å²) in [7, 11) is 1.18. The molecule has 0 aromatic heterocycles. The van der Waals surface area contributed by atoms with E-state index in [1.165, 1.54) is 263 Å². The van der Waals surface area contributed by atoms with Crippen LogP contribution in [0.1, 0.15) is 361 Å². The molecule has 0 radical (unpaired) electrons. The van der Waals surface area contributed by atoms with Crippen LogP contribution < -0.4 is 4.89 Å². The molecule has 0 fully saturated rings. The highest BCUT2D eigenvalue weighted by molar-refractivity contribution is 7.45. The fourth-order valence-corrected chi connectivity index (χ4v) is 11.7. The van der Waals surface area contributed by atoms with Crippen molar-refractivity contribution in [2.75, 3.05) is 47.5 Å². The van der Waals surface area contributed by atoms with Crippen LogP contribution in [0.3, 0.4) is 0 Å². The van der Waals surface area contributed by atoms with Gasteiger partial charge < -0.3 is 27.9 Å². The first-order chi connectivity index (χ1) is 42.0. The molecule has 0 aliphatic carbocycles. The Balaban J connectivity index is 3.96. The van der Waals surface area contributed by atoms with Crippen molar-refractivity contribution in [1.29, 1.82) is 0 Å². The molecule has 0 amide bonds. The fraction of sp³-hybridized carbons (Fsp3) is 0.842. The number of carbonyl (C=O) groups is 2. The van der Waals surface area contributed by atoms with Crippen molar-refractivity contribution in [1.82, 2.24) is 0 Å². The van der Waals surface area contributed by atoms with Gasteiger partial charge in [-0.05, 0) is 57.8 Å². The summed E-state index contributed by atoms with van der Waals surface area (Å²) in [4.78, 5) is 38.1. The number of nitrogens with zero attached hydrogens (tertiary/aromatic N) is 1. The summed E-state index contributed by atoms with van der Waals surface area (Å²) >= 11 is 0. The van der Waals surface area contributed by atoms with Gasteiger partial charge in [-0.3, -0.25) is 14.2 Å². The third kappa shape index (κ3) is 70.8. The second kappa shape index (κ2) is 67.1. The van der Waals surface area contributed by atoms with Crippen molar-refractivity contribution in [3.63, 3.8) is 0 Å². The van der Waals surface area contributed by atoms with Gasteiger partial charge in [-0.2, -0.15) is 0 Å². The lowest BCUT2D eigenvalue weighted by molar-refractivity contribution is -0.870. The molecule has 0 saturated heterocycles. The molecule has 0 heterocycles. The first-order valence-electron chi connectivity index (χ1n) is 37.0. The van der Waals surface area contributed by atoms with Crippen LogP contribution in [0, 0.1) is 0 Å². The molecule has 0 aliphatic heterocycles. The summed E-state index contributed by atoms with van der Waals surface area (Å²) in [5.74, 6) is -0.812. The highest BCUT2D eigenvalue weighted by atomic mass is 31.2. The van der Waals surface area contributed by atoms with Crippen LogP contribution in [0.4, 0.5) is 0 Å². The third-order valence-corrected chi connectivity index (χ3v) is 17.5. The van der Waals surface area contributed by atoms with E-state index in [0.29, 0.717) is 17.4 Å². The molecule has 0 saturated carbocycles. The molecular weight excluding hydrogens is 1090 g/mol. The van der Waals surface area contributed by atoms with Crippen LogP contribution >= 0.6 is 7.82 Å². The number of quaternary nitrogens is 1. The van der Waals surface area contributed by atoms with Gasteiger partial charge >= 0.3 is 11.9 Å². The molecule has 0 spiro atoms. The minimum Gasteiger partial charge on any atom is -0.756 e. The van der Waals surface area contributed by atoms with Gasteiger partial charge in [0.1, 0.15) is 19.8 Å². The summed E-state index contributed by atoms with van der Waals surface area (Å²) in [6.07, 6.45) is 88.9. The van der Waals surface area contributed by atoms with Gasteiger partial charge in [0.2, 0.25) is 0 Å². The number of rotatable bonds is 69. The first kappa shape index (κ1) is 83.7. The van der Waals surface area contributed by atoms with Crippen LogP contribution in [0.2, 0.25) is 0 Å². The molecule has 2 atom stereocenters. The Morgan fingerprint density at radius 1 is 0.372 bits per heavy atom. The largest absolute Gasteiger partial charge is 0.756 e. The van der Waals surface area contributed by atoms with Gasteiger partial charge in [-0.25, -0.2) is 0 Å². The Kier molecular flexibility index (Phi) is 65.3. The molecule has 0 bridgehead atoms. The number of allylic oxidation sites excluding steroid dienone is 10. The molecule has 10 heteroatoms. The zero-order valence-corrected chi connectivity index (χ0v) is 58.4. The van der Waals surface area contributed by atoms with Gasteiger partial charge in [0.15, 0.2) is 6.10 Å². The van der Waals surface area contributed by atoms with E-state index in [1.54, 1.807) is 0 Å². The molecule has 2 unspecified atom stereocenters. The van der Waals surface area contributed by atoms with E-state index >= 15 is 0 Å². The van der Waals surface area contributed by atoms with Crippen LogP contribution in [0.25, 0.3) is 0 Å². The van der Waals surface area contributed by atoms with E-state index in [2.05, 4.69) is 74.6 Å². The van der Waals surface area contributed by atoms with E-state index in [0.717, 1.165) is 64.2 Å². The van der Waals surface area contributed by atoms with Crippen LogP contribution in [0.5, 0.6) is 0 Å². The van der Waals surface area contributed by atoms with Gasteiger partial charge in [0.25, 0.3) is 7.82 Å². The molecule has 504 valence electrons. The van der Waals surface area contributed by atoms with Crippen molar-refractivity contribution in [3.05, 3.63) is 60.8 Å². The van der Waals surface area contributed by atoms with Crippen LogP contribution in [-0.2, 0) is 32.7 Å². The normalized spacial score (nSPS) is 13.4. The zero-order chi connectivity index (χ0) is 62.6. The first-order valence-corrected chi connectivity index (χ1v) is 38.5. The number of carbonyl (C=O) groups excluding carboxylic acids is 2. The van der Waals surface area contributed by atoms with Crippen molar-refractivity contribution in [3.8, 4) is 0 Å². The highest BCUT2D eigenvalue weighted by Gasteiger charge is 2.22. The Hall–Kier alpha value is -2.29. The zero-order valence-electron chi connectivity index (χ0n) is 57.5. The van der Waals surface area contributed by atoms with Crippen molar-refractivity contribution in [2.45, 2.75) is 367 Å². The lowest BCUT2D eigenvalue weighted by Gasteiger charge is -2.28. The van der Waals surface area contributed by atoms with Crippen molar-refractivity contribution in [2.24, 2.45) is 0 Å². The van der Waals surface area contributed by atoms with Crippen LogP contribution in [0.15, 0.2) is 60.8 Å². The number of esters is 2. The average Bonchev–Trinajstić information content (AvgIpc) is 3.56. The van der Waals surface area contributed by atoms with E-state index in [9.17, 15) is 19.0 Å². The SMILES string of the molecule is CC/C=C\C/C=C\C/C=C\C/C=C\C/C=C\CCCCCCCCCCCCCCCCCCCCCC(=O)OC(COC(=O)CCCCCCCCCCCCCCCCCCCCCCCCCCCCC)COP(=O)([O-])OCC[N+](C)(C)C. The van der Waals surface area contributed by atoms with Crippen molar-refractivity contribution >= 4 is 19.8 Å². The summed E-state index contributed by atoms with van der Waals surface area (Å²) in [6.45, 7) is 4.20. The lowest BCUT2D eigenvalue weighted by Crippen LogP contribution is -2.37. The molecule has 0 rings (SSSR count). The van der Waals surface area contributed by atoms with E-state index in [4.69, 9.17) is 18.5 Å². The summed E-state index contributed by atoms with van der Waals surface area (Å²) in [5.41, 5.74) is 0. The third-order valence-electron chi connectivity index (χ3n) is 16.6. The minimum absolute atomic E-state index is 0.0286. The number of likely N-dealkylation sites (N-methyl/N-ethyl adjacent to an activating group) is 1. The summed E-state index contributed by atoms with van der Waals surface area (Å²) < 4.78 is 34.4. The Morgan fingerprint density at radius 2 is 0.663 bits per heavy atom. The number of phosphoric acid groups is 1. The quantitative estimate of drug-likeness (QED) is 0.0195. The fourth-order valence-electron chi connectivity index (χ4n) is 10.9. The van der Waals surface area contributed by atoms with Gasteiger partial charge in [0.05, 0.1) is 27.7 Å². The Labute approximate surface area is 534 Å². The minimum atomic E-state index is -4.64. The van der Waals surface area contributed by atoms with Gasteiger partial charge in [-0.1, -0.05) is 351 Å². The maximum atomic E-state index is 12.9. The number of ether oxygens (including phenoxy) is 2. The lowest BCUT2D eigenvalue weighted by atomic mass is 10.0. The maximum absolute atomic E-state index is 12.9. The summed E-state index contributed by atoms with van der Waals surface area (Å²) in [5, 5.41) is 0. The molecule has 0 aromatic rings. The molecule has 9 nitrogen and oxygen atoms in total. The number of hydrogen-bond acceptors (Lipinski definition) is 8. The van der Waals surface area contributed by atoms with E-state index < -0.39 is 26.5 Å². The molecular formula is C76H142NO8P. The topological polar surface area (TPSA) is 111 Å². The molecule has 86 heavy (non-hydrogen) atoms. The average molecular weight is 1230 g/mol. The Morgan fingerprint density at radius 3 is 0.988 bits per heavy atom. The second-order valence-electron chi connectivity index (χ2n) is 26.3. The van der Waals surface area contributed by atoms with Gasteiger partial charge in [0, 0.05) is 12.8 Å². The highest BCUT2D eigenvalue weighted by Crippen LogP contribution is 2.38. The predicted molar refractivity (Wildman–Crippen MR) is 370 cm³/mol. The standard InChI is InChI=1S/C76H142NO8P/c1-6-8-10-12-14-16-18-20-22-24-26-28-30-32-34-35-36-37-38-39-40-41-43-45-47-49-51-53-55-57-59-61-63-65-67-69-76(79)85-74(73-84-86(80,81)83-71-70-77(3,4)5)72-82-75(78)68-66-64-62-60-58-56-54-52-50-48-46-44-42-33-31-29-27-25-23-21-19-17-15-13-11-9-7-2/h8,10,14,16,20,22,26,28,32,34,74H,6-7,9,11-13,15,17-19,21,23-25,27,29-31,33,35-73H2,1-5H3/b10-8-,16-14-,22-20-,28-26-,34-32-. The maximum Gasteiger partial charge on any atom is 0.306 e.